The Morgan fingerprint density at radius 2 is 2.18 bits per heavy atom. The summed E-state index contributed by atoms with van der Waals surface area (Å²) in [5.74, 6) is -0.159. The van der Waals surface area contributed by atoms with E-state index in [2.05, 4.69) is 5.73 Å². The number of carbonyl (C=O) groups is 1. The number of rotatable bonds is 1. The van der Waals surface area contributed by atoms with Gasteiger partial charge in [-0.2, -0.15) is 0 Å². The minimum atomic E-state index is -0.145. The van der Waals surface area contributed by atoms with Crippen LogP contribution in [0, 0.1) is 0 Å². The fraction of sp³-hybridized carbons (Fsp3) is 0.125. The van der Waals surface area contributed by atoms with E-state index in [0.29, 0.717) is 11.3 Å². The van der Waals surface area contributed by atoms with E-state index in [9.17, 15) is 9.90 Å². The molecule has 3 nitrogen and oxygen atoms in total. The molecule has 0 fully saturated rings. The summed E-state index contributed by atoms with van der Waals surface area (Å²) in [4.78, 5) is 10.8. The normalized spacial score (nSPS) is 9.64. The Labute approximate surface area is 64.5 Å². The average molecular weight is 152 g/mol. The third-order valence-electron chi connectivity index (χ3n) is 1.50. The van der Waals surface area contributed by atoms with Gasteiger partial charge in [-0.15, -0.1) is 0 Å². The van der Waals surface area contributed by atoms with Crippen LogP contribution >= 0.6 is 0 Å². The lowest BCUT2D eigenvalue weighted by atomic mass is 10.1. The van der Waals surface area contributed by atoms with Gasteiger partial charge < -0.3 is 10.8 Å². The number of hydrogen-bond donors (Lipinski definition) is 2. The summed E-state index contributed by atoms with van der Waals surface area (Å²) in [6.07, 6.45) is 0. The van der Waals surface area contributed by atoms with Crippen LogP contribution in [0.5, 0.6) is 5.75 Å². The molecule has 11 heavy (non-hydrogen) atoms. The molecule has 0 aromatic heterocycles. The molecule has 0 heterocycles. The van der Waals surface area contributed by atoms with Crippen LogP contribution in [0.3, 0.4) is 0 Å². The number of carbonyl (C=O) groups excluding carboxylic acids is 1. The summed E-state index contributed by atoms with van der Waals surface area (Å²) in [5.41, 5.74) is 4.38. The lowest BCUT2D eigenvalue weighted by molar-refractivity contribution is -0.256. The maximum Gasteiger partial charge on any atom is 0.187 e. The SMILES string of the molecule is CC(=O)c1cccc([NH3+])c1O. The van der Waals surface area contributed by atoms with E-state index in [1.807, 2.05) is 0 Å². The largest absolute Gasteiger partial charge is 0.502 e. The van der Waals surface area contributed by atoms with Crippen molar-refractivity contribution in [3.8, 4) is 5.75 Å². The fourth-order valence-corrected chi connectivity index (χ4v) is 0.875. The molecule has 0 bridgehead atoms. The predicted octanol–water partition coefficient (Wildman–Crippen LogP) is 0.468. The van der Waals surface area contributed by atoms with Gasteiger partial charge in [0.15, 0.2) is 17.2 Å². The molecular formula is C8H10NO2+. The van der Waals surface area contributed by atoms with Crippen LogP contribution in [-0.4, -0.2) is 10.9 Å². The van der Waals surface area contributed by atoms with Gasteiger partial charge in [-0.3, -0.25) is 4.79 Å². The number of aromatic hydroxyl groups is 1. The van der Waals surface area contributed by atoms with Crippen LogP contribution in [0.15, 0.2) is 18.2 Å². The van der Waals surface area contributed by atoms with Crippen LogP contribution < -0.4 is 5.73 Å². The molecule has 0 atom stereocenters. The van der Waals surface area contributed by atoms with Gasteiger partial charge in [0.1, 0.15) is 0 Å². The van der Waals surface area contributed by atoms with Gasteiger partial charge in [0, 0.05) is 6.07 Å². The van der Waals surface area contributed by atoms with Crippen molar-refractivity contribution >= 4 is 11.5 Å². The van der Waals surface area contributed by atoms with E-state index < -0.39 is 0 Å². The second-order valence-electron chi connectivity index (χ2n) is 2.37. The van der Waals surface area contributed by atoms with Crippen LogP contribution in [0.4, 0.5) is 5.69 Å². The van der Waals surface area contributed by atoms with Gasteiger partial charge in [0.25, 0.3) is 0 Å². The second-order valence-corrected chi connectivity index (χ2v) is 2.37. The van der Waals surface area contributed by atoms with E-state index in [1.54, 1.807) is 18.2 Å². The zero-order valence-electron chi connectivity index (χ0n) is 6.29. The van der Waals surface area contributed by atoms with Gasteiger partial charge in [-0.05, 0) is 13.0 Å². The van der Waals surface area contributed by atoms with Gasteiger partial charge in [0.2, 0.25) is 0 Å². The summed E-state index contributed by atoms with van der Waals surface area (Å²) in [5, 5.41) is 9.28. The van der Waals surface area contributed by atoms with Crippen LogP contribution in [0.25, 0.3) is 0 Å². The van der Waals surface area contributed by atoms with E-state index >= 15 is 0 Å². The molecule has 1 aromatic carbocycles. The second kappa shape index (κ2) is 2.72. The molecule has 58 valence electrons. The Morgan fingerprint density at radius 3 is 2.64 bits per heavy atom. The molecule has 0 amide bonds. The molecule has 1 aromatic rings. The third-order valence-corrected chi connectivity index (χ3v) is 1.50. The highest BCUT2D eigenvalue weighted by atomic mass is 16.3. The van der Waals surface area contributed by atoms with Crippen molar-refractivity contribution in [1.82, 2.24) is 0 Å². The number of Topliss-reactive ketones (excluding diaryl/α,β-unsaturated/α-hetero) is 1. The van der Waals surface area contributed by atoms with Gasteiger partial charge >= 0.3 is 0 Å². The summed E-state index contributed by atoms with van der Waals surface area (Å²) >= 11 is 0. The van der Waals surface area contributed by atoms with Gasteiger partial charge in [0.05, 0.1) is 5.56 Å². The Kier molecular flexibility index (Phi) is 1.92. The van der Waals surface area contributed by atoms with Crippen LogP contribution in [-0.2, 0) is 0 Å². The zero-order valence-corrected chi connectivity index (χ0v) is 6.29. The number of ketones is 1. The maximum absolute atomic E-state index is 10.8. The number of quaternary nitrogens is 1. The van der Waals surface area contributed by atoms with Crippen molar-refractivity contribution in [2.75, 3.05) is 0 Å². The topological polar surface area (TPSA) is 64.9 Å². The van der Waals surface area contributed by atoms with Gasteiger partial charge in [-0.25, -0.2) is 0 Å². The minimum Gasteiger partial charge on any atom is -0.502 e. The first-order valence-electron chi connectivity index (χ1n) is 3.28. The maximum atomic E-state index is 10.8. The average Bonchev–Trinajstić information content (AvgIpc) is 1.94. The molecule has 0 spiro atoms. The molecule has 0 aliphatic rings. The van der Waals surface area contributed by atoms with E-state index in [0.717, 1.165) is 0 Å². The number of phenols is 1. The van der Waals surface area contributed by atoms with Crippen molar-refractivity contribution in [2.45, 2.75) is 6.92 Å². The highest BCUT2D eigenvalue weighted by molar-refractivity contribution is 5.97. The molecule has 0 saturated carbocycles. The monoisotopic (exact) mass is 152 g/mol. The lowest BCUT2D eigenvalue weighted by Crippen LogP contribution is -2.40. The Hall–Kier alpha value is -1.35. The molecule has 0 unspecified atom stereocenters. The summed E-state index contributed by atoms with van der Waals surface area (Å²) in [7, 11) is 0. The zero-order chi connectivity index (χ0) is 8.43. The highest BCUT2D eigenvalue weighted by Crippen LogP contribution is 2.22. The van der Waals surface area contributed by atoms with Crippen molar-refractivity contribution in [1.29, 1.82) is 0 Å². The standard InChI is InChI=1S/C8H9NO2/c1-5(10)6-3-2-4-7(9)8(6)11/h2-4,11H,9H2,1H3/p+1. The van der Waals surface area contributed by atoms with Gasteiger partial charge in [-0.1, -0.05) is 6.07 Å². The molecule has 1 rings (SSSR count). The summed E-state index contributed by atoms with van der Waals surface area (Å²) in [6, 6.07) is 4.92. The quantitative estimate of drug-likeness (QED) is 0.574. The first-order chi connectivity index (χ1) is 5.13. The molecule has 3 heteroatoms. The molecular weight excluding hydrogens is 142 g/mol. The fourth-order valence-electron chi connectivity index (χ4n) is 0.875. The van der Waals surface area contributed by atoms with Crippen LogP contribution in [0.2, 0.25) is 0 Å². The highest BCUT2D eigenvalue weighted by Gasteiger charge is 2.09. The molecule has 0 aliphatic carbocycles. The van der Waals surface area contributed by atoms with E-state index in [-0.39, 0.29) is 11.5 Å². The van der Waals surface area contributed by atoms with Crippen molar-refractivity contribution < 1.29 is 15.6 Å². The molecule has 0 saturated heterocycles. The van der Waals surface area contributed by atoms with Crippen molar-refractivity contribution in [3.63, 3.8) is 0 Å². The predicted molar refractivity (Wildman–Crippen MR) is 40.7 cm³/mol. The van der Waals surface area contributed by atoms with E-state index in [1.165, 1.54) is 6.92 Å². The Bertz CT molecular complexity index is 294. The number of benzene rings is 1. The minimum absolute atomic E-state index is 0.0139. The van der Waals surface area contributed by atoms with Crippen molar-refractivity contribution in [2.24, 2.45) is 0 Å². The smallest absolute Gasteiger partial charge is 0.187 e. The Morgan fingerprint density at radius 1 is 1.55 bits per heavy atom. The lowest BCUT2D eigenvalue weighted by Gasteiger charge is -1.98. The third kappa shape index (κ3) is 1.38. The molecule has 4 N–H and O–H groups in total. The number of para-hydroxylation sites is 1. The first kappa shape index (κ1) is 7.75. The Balaban J connectivity index is 3.27. The van der Waals surface area contributed by atoms with Crippen molar-refractivity contribution in [3.05, 3.63) is 23.8 Å². The first-order valence-corrected chi connectivity index (χ1v) is 3.28. The molecule has 0 aliphatic heterocycles. The molecule has 0 radical (unpaired) electrons. The number of hydrogen-bond acceptors (Lipinski definition) is 2. The number of phenolic OH excluding ortho intramolecular Hbond substituents is 1. The summed E-state index contributed by atoms with van der Waals surface area (Å²) in [6.45, 7) is 1.41. The van der Waals surface area contributed by atoms with E-state index in [4.69, 9.17) is 0 Å². The summed E-state index contributed by atoms with van der Waals surface area (Å²) < 4.78 is 0. The van der Waals surface area contributed by atoms with Crippen LogP contribution in [0.1, 0.15) is 17.3 Å².